The zero-order chi connectivity index (χ0) is 14.7. The molecule has 0 aliphatic rings. The molecule has 0 saturated carbocycles. The minimum absolute atomic E-state index is 0.0102. The number of aryl methyl sites for hydroxylation is 2. The van der Waals surface area contributed by atoms with Gasteiger partial charge in [-0.25, -0.2) is 0 Å². The molecule has 0 aliphatic carbocycles. The summed E-state index contributed by atoms with van der Waals surface area (Å²) in [6.45, 7) is 6.68. The molecule has 2 aromatic rings. The van der Waals surface area contributed by atoms with Gasteiger partial charge in [0.15, 0.2) is 5.75 Å². The maximum absolute atomic E-state index is 10.9. The Labute approximate surface area is 117 Å². The third-order valence-electron chi connectivity index (χ3n) is 2.96. The Bertz CT molecular complexity index is 635. The van der Waals surface area contributed by atoms with E-state index in [1.807, 2.05) is 24.6 Å². The second-order valence-electron chi connectivity index (χ2n) is 4.58. The van der Waals surface area contributed by atoms with E-state index in [4.69, 9.17) is 4.74 Å². The third-order valence-corrected chi connectivity index (χ3v) is 2.96. The second kappa shape index (κ2) is 5.73. The lowest BCUT2D eigenvalue weighted by molar-refractivity contribution is -0.385. The van der Waals surface area contributed by atoms with Crippen LogP contribution in [0.15, 0.2) is 24.3 Å². The highest BCUT2D eigenvalue weighted by molar-refractivity contribution is 5.48. The summed E-state index contributed by atoms with van der Waals surface area (Å²) in [6, 6.07) is 6.91. The van der Waals surface area contributed by atoms with Crippen LogP contribution < -0.4 is 4.74 Å². The molecule has 20 heavy (non-hydrogen) atoms. The smallest absolute Gasteiger partial charge is 0.310 e. The molecule has 0 atom stereocenters. The predicted molar refractivity (Wildman–Crippen MR) is 75.1 cm³/mol. The van der Waals surface area contributed by atoms with Crippen molar-refractivity contribution in [3.8, 4) is 5.75 Å². The van der Waals surface area contributed by atoms with Gasteiger partial charge in [-0.2, -0.15) is 5.10 Å². The first-order valence-corrected chi connectivity index (χ1v) is 6.42. The minimum atomic E-state index is -0.432. The molecule has 0 fully saturated rings. The number of hydrogen-bond donors (Lipinski definition) is 0. The van der Waals surface area contributed by atoms with Gasteiger partial charge in [0.1, 0.15) is 0 Å². The van der Waals surface area contributed by atoms with E-state index >= 15 is 0 Å². The van der Waals surface area contributed by atoms with Gasteiger partial charge in [-0.1, -0.05) is 6.07 Å². The summed E-state index contributed by atoms with van der Waals surface area (Å²) in [7, 11) is 0. The van der Waals surface area contributed by atoms with Crippen LogP contribution in [0.4, 0.5) is 5.69 Å². The van der Waals surface area contributed by atoms with Crippen LogP contribution in [0.5, 0.6) is 5.75 Å². The molecule has 106 valence electrons. The van der Waals surface area contributed by atoms with Crippen molar-refractivity contribution >= 4 is 5.69 Å². The summed E-state index contributed by atoms with van der Waals surface area (Å²) in [5.41, 5.74) is 2.92. The average molecular weight is 275 g/mol. The number of benzene rings is 1. The van der Waals surface area contributed by atoms with Crippen LogP contribution in [-0.2, 0) is 6.54 Å². The van der Waals surface area contributed by atoms with Crippen molar-refractivity contribution in [2.75, 3.05) is 6.61 Å². The largest absolute Gasteiger partial charge is 0.487 e. The van der Waals surface area contributed by atoms with Gasteiger partial charge in [-0.3, -0.25) is 14.8 Å². The van der Waals surface area contributed by atoms with E-state index in [9.17, 15) is 10.1 Å². The average Bonchev–Trinajstić information content (AvgIpc) is 2.68. The number of hydrogen-bond acceptors (Lipinski definition) is 4. The molecule has 0 aliphatic heterocycles. The van der Waals surface area contributed by atoms with Crippen LogP contribution in [0.3, 0.4) is 0 Å². The molecule has 0 unspecified atom stereocenters. The lowest BCUT2D eigenvalue weighted by Crippen LogP contribution is -2.05. The van der Waals surface area contributed by atoms with Crippen molar-refractivity contribution in [1.82, 2.24) is 9.78 Å². The first kappa shape index (κ1) is 14.0. The quantitative estimate of drug-likeness (QED) is 0.621. The van der Waals surface area contributed by atoms with Crippen LogP contribution >= 0.6 is 0 Å². The van der Waals surface area contributed by atoms with E-state index in [-0.39, 0.29) is 5.69 Å². The summed E-state index contributed by atoms with van der Waals surface area (Å²) >= 11 is 0. The molecule has 2 rings (SSSR count). The van der Waals surface area contributed by atoms with Gasteiger partial charge < -0.3 is 4.74 Å². The summed E-state index contributed by atoms with van der Waals surface area (Å²) in [5, 5.41) is 15.3. The molecule has 0 saturated heterocycles. The van der Waals surface area contributed by atoms with Crippen LogP contribution in [0.25, 0.3) is 0 Å². The Morgan fingerprint density at radius 2 is 2.10 bits per heavy atom. The van der Waals surface area contributed by atoms with Crippen molar-refractivity contribution in [1.29, 1.82) is 0 Å². The van der Waals surface area contributed by atoms with Crippen molar-refractivity contribution in [3.05, 3.63) is 51.3 Å². The van der Waals surface area contributed by atoms with E-state index in [1.54, 1.807) is 19.1 Å². The monoisotopic (exact) mass is 275 g/mol. The van der Waals surface area contributed by atoms with Gasteiger partial charge in [0.05, 0.1) is 23.8 Å². The molecular formula is C14H17N3O3. The van der Waals surface area contributed by atoms with Crippen LogP contribution in [0.1, 0.15) is 23.9 Å². The highest BCUT2D eigenvalue weighted by Crippen LogP contribution is 2.28. The molecule has 0 bridgehead atoms. The zero-order valence-corrected chi connectivity index (χ0v) is 11.8. The first-order chi connectivity index (χ1) is 9.51. The summed E-state index contributed by atoms with van der Waals surface area (Å²) in [5.74, 6) is 0.302. The maximum Gasteiger partial charge on any atom is 0.310 e. The standard InChI is InChI=1S/C14H17N3O3/c1-4-20-14-8-12(5-6-13(14)17(18)19)9-16-11(3)7-10(2)15-16/h5-8H,4,9H2,1-3H3. The fraction of sp³-hybridized carbons (Fsp3) is 0.357. The fourth-order valence-electron chi connectivity index (χ4n) is 2.09. The number of nitro groups is 1. The van der Waals surface area contributed by atoms with Gasteiger partial charge in [0.25, 0.3) is 0 Å². The summed E-state index contributed by atoms with van der Waals surface area (Å²) < 4.78 is 7.21. The number of nitrogens with zero attached hydrogens (tertiary/aromatic N) is 3. The van der Waals surface area contributed by atoms with E-state index in [2.05, 4.69) is 5.10 Å². The lowest BCUT2D eigenvalue weighted by Gasteiger charge is -2.08. The first-order valence-electron chi connectivity index (χ1n) is 6.42. The number of aromatic nitrogens is 2. The molecular weight excluding hydrogens is 258 g/mol. The van der Waals surface area contributed by atoms with Crippen molar-refractivity contribution in [2.45, 2.75) is 27.3 Å². The van der Waals surface area contributed by atoms with Gasteiger partial charge in [0.2, 0.25) is 0 Å². The Morgan fingerprint density at radius 1 is 1.35 bits per heavy atom. The highest BCUT2D eigenvalue weighted by atomic mass is 16.6. The minimum Gasteiger partial charge on any atom is -0.487 e. The van der Waals surface area contributed by atoms with E-state index in [0.717, 1.165) is 17.0 Å². The molecule has 6 nitrogen and oxygen atoms in total. The molecule has 0 amide bonds. The number of nitro benzene ring substituents is 1. The molecule has 0 N–H and O–H groups in total. The molecule has 0 spiro atoms. The number of rotatable bonds is 5. The van der Waals surface area contributed by atoms with Gasteiger partial charge in [-0.05, 0) is 38.5 Å². The van der Waals surface area contributed by atoms with E-state index in [0.29, 0.717) is 18.9 Å². The molecule has 1 aromatic heterocycles. The highest BCUT2D eigenvalue weighted by Gasteiger charge is 2.15. The lowest BCUT2D eigenvalue weighted by atomic mass is 10.2. The molecule has 1 heterocycles. The molecule has 6 heteroatoms. The Balaban J connectivity index is 2.31. The molecule has 0 radical (unpaired) electrons. The second-order valence-corrected chi connectivity index (χ2v) is 4.58. The van der Waals surface area contributed by atoms with Crippen molar-refractivity contribution in [2.24, 2.45) is 0 Å². The maximum atomic E-state index is 10.9. The van der Waals surface area contributed by atoms with Gasteiger partial charge in [-0.15, -0.1) is 0 Å². The fourth-order valence-corrected chi connectivity index (χ4v) is 2.09. The Kier molecular flexibility index (Phi) is 4.02. The Hall–Kier alpha value is -2.37. The predicted octanol–water partition coefficient (Wildman–Crippen LogP) is 2.86. The van der Waals surface area contributed by atoms with Crippen molar-refractivity contribution < 1.29 is 9.66 Å². The molecule has 1 aromatic carbocycles. The van der Waals surface area contributed by atoms with Crippen LogP contribution in [-0.4, -0.2) is 21.3 Å². The SMILES string of the molecule is CCOc1cc(Cn2nc(C)cc2C)ccc1[N+](=O)[O-]. The van der Waals surface area contributed by atoms with Crippen LogP contribution in [0.2, 0.25) is 0 Å². The number of ether oxygens (including phenoxy) is 1. The summed E-state index contributed by atoms with van der Waals surface area (Å²) in [6.07, 6.45) is 0. The van der Waals surface area contributed by atoms with Gasteiger partial charge >= 0.3 is 5.69 Å². The van der Waals surface area contributed by atoms with Crippen molar-refractivity contribution in [3.63, 3.8) is 0 Å². The Morgan fingerprint density at radius 3 is 2.65 bits per heavy atom. The van der Waals surface area contributed by atoms with E-state index in [1.165, 1.54) is 6.07 Å². The topological polar surface area (TPSA) is 70.2 Å². The van der Waals surface area contributed by atoms with Crippen LogP contribution in [0, 0.1) is 24.0 Å². The summed E-state index contributed by atoms with van der Waals surface area (Å²) in [4.78, 5) is 10.5. The normalized spacial score (nSPS) is 10.6. The third kappa shape index (κ3) is 2.96. The van der Waals surface area contributed by atoms with E-state index < -0.39 is 4.92 Å². The van der Waals surface area contributed by atoms with Gasteiger partial charge in [0, 0.05) is 11.8 Å². The zero-order valence-electron chi connectivity index (χ0n) is 11.8.